The van der Waals surface area contributed by atoms with Crippen LogP contribution in [0.3, 0.4) is 0 Å². The van der Waals surface area contributed by atoms with Gasteiger partial charge in [0.25, 0.3) is 0 Å². The molecule has 1 saturated heterocycles. The zero-order chi connectivity index (χ0) is 22.3. The Morgan fingerprint density at radius 3 is 2.43 bits per heavy atom. The number of aromatic amines is 1. The van der Waals surface area contributed by atoms with Crippen molar-refractivity contribution in [3.63, 3.8) is 0 Å². The van der Waals surface area contributed by atoms with E-state index in [1.54, 1.807) is 0 Å². The molecule has 168 valence electrons. The van der Waals surface area contributed by atoms with Gasteiger partial charge in [-0.05, 0) is 0 Å². The van der Waals surface area contributed by atoms with Crippen molar-refractivity contribution in [3.8, 4) is 0 Å². The monoisotopic (exact) mass is 492 g/mol. The maximum Gasteiger partial charge on any atom is 0.490 e. The molecule has 2 aromatic rings. The summed E-state index contributed by atoms with van der Waals surface area (Å²) < 4.78 is 50.6. The Kier molecular flexibility index (Phi) is 6.59. The number of hydrogen-bond donors (Lipinski definition) is 7. The number of ether oxygens (including phenoxy) is 1. The molecule has 3 rings (SSSR count). The number of H-pyrrole nitrogens is 1. The minimum absolute atomic E-state index is 0.111. The zero-order valence-corrected chi connectivity index (χ0v) is 17.1. The molecule has 6 atom stereocenters. The minimum Gasteiger partial charge on any atom is -0.387 e. The number of hydrogen-bond acceptors (Lipinski definition) is 12. The van der Waals surface area contributed by atoms with Crippen LogP contribution in [0.25, 0.3) is 11.0 Å². The molecular formula is C10H15N4O13P3. The molecular weight excluding hydrogens is 477 g/mol. The van der Waals surface area contributed by atoms with Crippen molar-refractivity contribution in [2.24, 2.45) is 0 Å². The van der Waals surface area contributed by atoms with Crippen molar-refractivity contribution in [1.82, 2.24) is 20.2 Å². The Balaban J connectivity index is 1.67. The Morgan fingerprint density at radius 2 is 1.77 bits per heavy atom. The number of nitrogens with zero attached hydrogens (tertiary/aromatic N) is 3. The molecule has 3 heterocycles. The molecule has 0 amide bonds. The number of rotatable bonds is 8. The lowest BCUT2D eigenvalue weighted by Crippen LogP contribution is -2.33. The Bertz CT molecular complexity index is 1060. The maximum absolute atomic E-state index is 11.8. The third kappa shape index (κ3) is 5.55. The average Bonchev–Trinajstić information content (AvgIpc) is 3.12. The van der Waals surface area contributed by atoms with E-state index >= 15 is 0 Å². The lowest BCUT2D eigenvalue weighted by atomic mass is 10.1. The number of fused-ring (bicyclic) bond motifs is 1. The van der Waals surface area contributed by atoms with Crippen LogP contribution in [-0.4, -0.2) is 74.9 Å². The van der Waals surface area contributed by atoms with Crippen molar-refractivity contribution >= 4 is 34.5 Å². The van der Waals surface area contributed by atoms with Crippen molar-refractivity contribution in [1.29, 1.82) is 0 Å². The molecule has 0 radical (unpaired) electrons. The molecule has 1 aliphatic rings. The molecule has 1 aliphatic heterocycles. The summed E-state index contributed by atoms with van der Waals surface area (Å²) in [5, 5.41) is 26.9. The molecule has 17 nitrogen and oxygen atoms in total. The highest BCUT2D eigenvalue weighted by atomic mass is 31.3. The van der Waals surface area contributed by atoms with Crippen LogP contribution in [-0.2, 0) is 31.6 Å². The summed E-state index contributed by atoms with van der Waals surface area (Å²) in [5.74, 6) is 0. The van der Waals surface area contributed by atoms with Gasteiger partial charge in [-0.15, -0.1) is 0 Å². The first-order valence-corrected chi connectivity index (χ1v) is 12.2. The average molecular weight is 492 g/mol. The number of aromatic nitrogens is 4. The van der Waals surface area contributed by atoms with Gasteiger partial charge in [0.2, 0.25) is 0 Å². The zero-order valence-electron chi connectivity index (χ0n) is 14.4. The van der Waals surface area contributed by atoms with Gasteiger partial charge in [-0.1, -0.05) is 0 Å². The van der Waals surface area contributed by atoms with Crippen LogP contribution in [0.2, 0.25) is 0 Å². The molecule has 0 aromatic carbocycles. The van der Waals surface area contributed by atoms with Gasteiger partial charge in [0.05, 0.1) is 12.8 Å². The quantitative estimate of drug-likeness (QED) is 0.215. The maximum atomic E-state index is 11.8. The van der Waals surface area contributed by atoms with Gasteiger partial charge in [0.15, 0.2) is 0 Å². The van der Waals surface area contributed by atoms with Crippen molar-refractivity contribution in [2.75, 3.05) is 6.61 Å². The van der Waals surface area contributed by atoms with E-state index in [-0.39, 0.29) is 11.2 Å². The fourth-order valence-electron chi connectivity index (χ4n) is 2.57. The van der Waals surface area contributed by atoms with E-state index in [9.17, 15) is 28.8 Å². The largest absolute Gasteiger partial charge is 0.490 e. The third-order valence-corrected chi connectivity index (χ3v) is 7.50. The number of phosphoric ester groups is 1. The van der Waals surface area contributed by atoms with Crippen LogP contribution in [0.15, 0.2) is 12.5 Å². The van der Waals surface area contributed by atoms with Crippen LogP contribution >= 0.6 is 23.5 Å². The molecule has 7 N–H and O–H groups in total. The molecule has 30 heavy (non-hydrogen) atoms. The van der Waals surface area contributed by atoms with E-state index in [0.29, 0.717) is 5.52 Å². The van der Waals surface area contributed by atoms with Gasteiger partial charge in [0.1, 0.15) is 47.5 Å². The SMILES string of the molecule is O=P(O)(O)OP(=O)(O)OP(=O)(O)OC[C@H]1O[C@@H](c2n[nH]c3cncnc23)[C@H](O)[C@@H]1O. The van der Waals surface area contributed by atoms with Gasteiger partial charge < -0.3 is 34.5 Å². The second-order valence-corrected chi connectivity index (χ2v) is 10.3. The third-order valence-electron chi connectivity index (χ3n) is 3.70. The van der Waals surface area contributed by atoms with Crippen LogP contribution in [0.5, 0.6) is 0 Å². The number of aliphatic hydroxyl groups excluding tert-OH is 2. The number of aliphatic hydroxyl groups is 2. The lowest BCUT2D eigenvalue weighted by molar-refractivity contribution is -0.0230. The fraction of sp³-hybridized carbons (Fsp3) is 0.500. The van der Waals surface area contributed by atoms with E-state index < -0.39 is 54.5 Å². The van der Waals surface area contributed by atoms with Gasteiger partial charge in [-0.2, -0.15) is 13.7 Å². The predicted molar refractivity (Wildman–Crippen MR) is 91.1 cm³/mol. The highest BCUT2D eigenvalue weighted by Gasteiger charge is 2.47. The molecule has 2 unspecified atom stereocenters. The second-order valence-electron chi connectivity index (χ2n) is 5.86. The first-order chi connectivity index (χ1) is 13.8. The van der Waals surface area contributed by atoms with Crippen LogP contribution in [0.1, 0.15) is 11.8 Å². The minimum atomic E-state index is -5.69. The lowest BCUT2D eigenvalue weighted by Gasteiger charge is -2.19. The summed E-state index contributed by atoms with van der Waals surface area (Å²) in [4.78, 5) is 43.3. The van der Waals surface area contributed by atoms with E-state index in [2.05, 4.69) is 33.3 Å². The summed E-state index contributed by atoms with van der Waals surface area (Å²) in [6.45, 7) is -0.935. The highest BCUT2D eigenvalue weighted by Crippen LogP contribution is 2.66. The smallest absolute Gasteiger partial charge is 0.387 e. The van der Waals surface area contributed by atoms with Gasteiger partial charge >= 0.3 is 23.5 Å². The summed E-state index contributed by atoms with van der Waals surface area (Å²) in [5.41, 5.74) is 0.809. The van der Waals surface area contributed by atoms with Crippen molar-refractivity contribution in [2.45, 2.75) is 24.4 Å². The van der Waals surface area contributed by atoms with E-state index in [1.165, 1.54) is 12.5 Å². The van der Waals surface area contributed by atoms with Crippen LogP contribution in [0.4, 0.5) is 0 Å². The van der Waals surface area contributed by atoms with Crippen LogP contribution < -0.4 is 0 Å². The molecule has 1 fully saturated rings. The van der Waals surface area contributed by atoms with Gasteiger partial charge in [-0.25, -0.2) is 23.7 Å². The summed E-state index contributed by atoms with van der Waals surface area (Å²) in [6.07, 6.45) is -3.23. The summed E-state index contributed by atoms with van der Waals surface area (Å²) >= 11 is 0. The molecule has 20 heteroatoms. The Morgan fingerprint density at radius 1 is 1.07 bits per heavy atom. The van der Waals surface area contributed by atoms with Crippen molar-refractivity contribution < 1.29 is 61.4 Å². The standard InChI is InChI=1S/C10H15N4O13P3/c15-8-5(2-24-29(20,21)27-30(22,23)26-28(17,18)19)25-10(9(8)16)7-6-4(13-14-7)1-11-3-12-6/h1,3,5,8-10,15-16H,2H2,(H,13,14)(H,20,21)(H,22,23)(H2,17,18,19)/t5-,8-,9-,10+/m1/s1. The predicted octanol–water partition coefficient (Wildman–Crippen LogP) is -1.14. The molecule has 2 aromatic heterocycles. The molecule has 0 spiro atoms. The summed E-state index contributed by atoms with van der Waals surface area (Å²) in [6, 6.07) is 0. The first kappa shape index (κ1) is 23.5. The van der Waals surface area contributed by atoms with E-state index in [0.717, 1.165) is 0 Å². The van der Waals surface area contributed by atoms with Crippen LogP contribution in [0, 0.1) is 0 Å². The van der Waals surface area contributed by atoms with Crippen molar-refractivity contribution in [3.05, 3.63) is 18.2 Å². The fourth-order valence-corrected chi connectivity index (χ4v) is 5.60. The molecule has 0 bridgehead atoms. The molecule has 0 aliphatic carbocycles. The normalized spacial score (nSPS) is 29.0. The number of phosphoric acid groups is 3. The molecule has 0 saturated carbocycles. The second kappa shape index (κ2) is 8.41. The van der Waals surface area contributed by atoms with Gasteiger partial charge in [0, 0.05) is 0 Å². The topological polar surface area (TPSA) is 264 Å². The highest BCUT2D eigenvalue weighted by molar-refractivity contribution is 7.66. The summed E-state index contributed by atoms with van der Waals surface area (Å²) in [7, 11) is -16.6. The van der Waals surface area contributed by atoms with E-state index in [4.69, 9.17) is 19.4 Å². The Hall–Kier alpha value is -1.16. The first-order valence-electron chi connectivity index (χ1n) is 7.72. The van der Waals surface area contributed by atoms with Gasteiger partial charge in [-0.3, -0.25) is 9.62 Å². The Labute approximate surface area is 166 Å². The number of nitrogens with one attached hydrogen (secondary N) is 1. The van der Waals surface area contributed by atoms with E-state index in [1.807, 2.05) is 0 Å².